The zero-order valence-corrected chi connectivity index (χ0v) is 14.9. The number of carbonyl (C=O) groups is 2. The number of Topliss-reactive ketones (excluding diaryl/α,β-unsaturated/α-hetero) is 1. The van der Waals surface area contributed by atoms with E-state index in [0.717, 1.165) is 11.1 Å². The number of aromatic nitrogens is 1. The van der Waals surface area contributed by atoms with Crippen molar-refractivity contribution in [2.24, 2.45) is 5.41 Å². The van der Waals surface area contributed by atoms with Crippen molar-refractivity contribution in [2.75, 3.05) is 0 Å². The molecule has 2 heterocycles. The molecule has 0 saturated carbocycles. The van der Waals surface area contributed by atoms with E-state index in [1.807, 2.05) is 28.8 Å². The first-order valence-electron chi connectivity index (χ1n) is 8.32. The van der Waals surface area contributed by atoms with Crippen LogP contribution < -0.4 is 0 Å². The van der Waals surface area contributed by atoms with Gasteiger partial charge in [-0.2, -0.15) is 0 Å². The van der Waals surface area contributed by atoms with E-state index in [-0.39, 0.29) is 17.0 Å². The molecule has 3 nitrogen and oxygen atoms in total. The Bertz CT molecular complexity index is 1010. The van der Waals surface area contributed by atoms with Crippen molar-refractivity contribution in [3.63, 3.8) is 0 Å². The second-order valence-electron chi connectivity index (χ2n) is 7.47. The lowest BCUT2D eigenvalue weighted by molar-refractivity contribution is 0.0911. The molecule has 0 spiro atoms. The Balaban J connectivity index is 1.99. The summed E-state index contributed by atoms with van der Waals surface area (Å²) in [5, 5.41) is 0.592. The molecule has 1 aliphatic rings. The zero-order chi connectivity index (χ0) is 17.8. The van der Waals surface area contributed by atoms with E-state index in [1.165, 1.54) is 0 Å². The summed E-state index contributed by atoms with van der Waals surface area (Å²) in [6, 6.07) is 12.6. The molecule has 0 fully saturated rings. The third kappa shape index (κ3) is 2.69. The molecule has 3 aromatic rings. The predicted octanol–water partition coefficient (Wildman–Crippen LogP) is 4.98. The SMILES string of the molecule is CC1(C)CC(=O)c2cc3cccn3c(C(=O)c3ccc(Cl)cc3)c2C1. The Morgan fingerprint density at radius 3 is 2.56 bits per heavy atom. The second-order valence-corrected chi connectivity index (χ2v) is 7.90. The van der Waals surface area contributed by atoms with Gasteiger partial charge in [-0.25, -0.2) is 0 Å². The van der Waals surface area contributed by atoms with Gasteiger partial charge in [-0.1, -0.05) is 25.4 Å². The second kappa shape index (κ2) is 5.57. The van der Waals surface area contributed by atoms with Crippen LogP contribution in [0.5, 0.6) is 0 Å². The highest BCUT2D eigenvalue weighted by Gasteiger charge is 2.35. The summed E-state index contributed by atoms with van der Waals surface area (Å²) in [5.41, 5.74) is 3.40. The number of halogens is 1. The average molecular weight is 352 g/mol. The van der Waals surface area contributed by atoms with Crippen molar-refractivity contribution in [1.82, 2.24) is 4.40 Å². The highest BCUT2D eigenvalue weighted by atomic mass is 35.5. The van der Waals surface area contributed by atoms with Gasteiger partial charge in [0.1, 0.15) is 0 Å². The van der Waals surface area contributed by atoms with Gasteiger partial charge in [0, 0.05) is 34.3 Å². The lowest BCUT2D eigenvalue weighted by atomic mass is 9.72. The quantitative estimate of drug-likeness (QED) is 0.611. The molecule has 25 heavy (non-hydrogen) atoms. The van der Waals surface area contributed by atoms with Crippen LogP contribution in [-0.4, -0.2) is 16.0 Å². The molecule has 1 aromatic carbocycles. The van der Waals surface area contributed by atoms with Crippen LogP contribution in [0.3, 0.4) is 0 Å². The monoisotopic (exact) mass is 351 g/mol. The first-order chi connectivity index (χ1) is 11.9. The van der Waals surface area contributed by atoms with Gasteiger partial charge < -0.3 is 4.40 Å². The van der Waals surface area contributed by atoms with Gasteiger partial charge in [-0.15, -0.1) is 0 Å². The van der Waals surface area contributed by atoms with E-state index in [0.29, 0.717) is 34.7 Å². The molecule has 0 aliphatic heterocycles. The van der Waals surface area contributed by atoms with Crippen LogP contribution in [-0.2, 0) is 6.42 Å². The van der Waals surface area contributed by atoms with Gasteiger partial charge >= 0.3 is 0 Å². The maximum atomic E-state index is 13.3. The fraction of sp³-hybridized carbons (Fsp3) is 0.238. The fourth-order valence-corrected chi connectivity index (χ4v) is 3.83. The number of benzene rings is 1. The Morgan fingerprint density at radius 1 is 1.12 bits per heavy atom. The van der Waals surface area contributed by atoms with Crippen molar-refractivity contribution in [3.05, 3.63) is 76.1 Å². The highest BCUT2D eigenvalue weighted by molar-refractivity contribution is 6.30. The first-order valence-corrected chi connectivity index (χ1v) is 8.70. The van der Waals surface area contributed by atoms with Gasteiger partial charge in [-0.3, -0.25) is 9.59 Å². The van der Waals surface area contributed by atoms with Crippen LogP contribution >= 0.6 is 11.6 Å². The smallest absolute Gasteiger partial charge is 0.210 e. The molecule has 0 N–H and O–H groups in total. The minimum Gasteiger partial charge on any atom is -0.313 e. The molecule has 4 heteroatoms. The molecule has 0 bridgehead atoms. The summed E-state index contributed by atoms with van der Waals surface area (Å²) >= 11 is 5.95. The topological polar surface area (TPSA) is 38.5 Å². The summed E-state index contributed by atoms with van der Waals surface area (Å²) in [6.07, 6.45) is 3.09. The van der Waals surface area contributed by atoms with E-state index in [1.54, 1.807) is 24.3 Å². The zero-order valence-electron chi connectivity index (χ0n) is 14.2. The summed E-state index contributed by atoms with van der Waals surface area (Å²) in [4.78, 5) is 26.0. The van der Waals surface area contributed by atoms with Crippen molar-refractivity contribution in [3.8, 4) is 0 Å². The lowest BCUT2D eigenvalue weighted by Gasteiger charge is -2.31. The van der Waals surface area contributed by atoms with E-state index in [4.69, 9.17) is 11.6 Å². The van der Waals surface area contributed by atoms with Gasteiger partial charge in [0.15, 0.2) is 5.78 Å². The van der Waals surface area contributed by atoms with Crippen LogP contribution in [0, 0.1) is 5.41 Å². The fourth-order valence-electron chi connectivity index (χ4n) is 3.71. The number of hydrogen-bond donors (Lipinski definition) is 0. The lowest BCUT2D eigenvalue weighted by Crippen LogP contribution is -2.30. The molecule has 4 rings (SSSR count). The van der Waals surface area contributed by atoms with E-state index >= 15 is 0 Å². The Kier molecular flexibility index (Phi) is 3.58. The number of fused-ring (bicyclic) bond motifs is 2. The van der Waals surface area contributed by atoms with Crippen molar-refractivity contribution in [2.45, 2.75) is 26.7 Å². The van der Waals surface area contributed by atoms with Gasteiger partial charge in [-0.05, 0) is 59.9 Å². The van der Waals surface area contributed by atoms with E-state index in [9.17, 15) is 9.59 Å². The molecule has 1 aliphatic carbocycles. The average Bonchev–Trinajstić information content (AvgIpc) is 3.00. The number of rotatable bonds is 2. The molecule has 0 radical (unpaired) electrons. The summed E-state index contributed by atoms with van der Waals surface area (Å²) in [7, 11) is 0. The first kappa shape index (κ1) is 16.1. The largest absolute Gasteiger partial charge is 0.313 e. The Hall–Kier alpha value is -2.39. The van der Waals surface area contributed by atoms with Crippen molar-refractivity contribution in [1.29, 1.82) is 0 Å². The molecule has 0 saturated heterocycles. The van der Waals surface area contributed by atoms with Crippen LogP contribution in [0.1, 0.15) is 52.2 Å². The van der Waals surface area contributed by atoms with Gasteiger partial charge in [0.2, 0.25) is 5.78 Å². The predicted molar refractivity (Wildman–Crippen MR) is 98.7 cm³/mol. The Labute approximate surface area is 151 Å². The van der Waals surface area contributed by atoms with Gasteiger partial charge in [0.25, 0.3) is 0 Å². The minimum absolute atomic E-state index is 0.0831. The third-order valence-electron chi connectivity index (χ3n) is 4.84. The number of carbonyl (C=O) groups excluding carboxylic acids is 2. The molecular weight excluding hydrogens is 334 g/mol. The summed E-state index contributed by atoms with van der Waals surface area (Å²) in [6.45, 7) is 4.15. The van der Waals surface area contributed by atoms with E-state index in [2.05, 4.69) is 13.8 Å². The number of pyridine rings is 1. The van der Waals surface area contributed by atoms with Crippen molar-refractivity contribution >= 4 is 28.7 Å². The molecule has 0 amide bonds. The van der Waals surface area contributed by atoms with Crippen molar-refractivity contribution < 1.29 is 9.59 Å². The summed E-state index contributed by atoms with van der Waals surface area (Å²) in [5.74, 6) is 0.0281. The standard InChI is InChI=1S/C21H18ClNO2/c1-21(2)11-17-16(18(24)12-21)10-15-4-3-9-23(15)19(17)20(25)13-5-7-14(22)8-6-13/h3-10H,11-12H2,1-2H3. The summed E-state index contributed by atoms with van der Waals surface area (Å²) < 4.78 is 1.89. The molecule has 2 aromatic heterocycles. The number of ketones is 2. The minimum atomic E-state index is -0.153. The maximum Gasteiger partial charge on any atom is 0.210 e. The Morgan fingerprint density at radius 2 is 1.84 bits per heavy atom. The van der Waals surface area contributed by atoms with E-state index < -0.39 is 0 Å². The maximum absolute atomic E-state index is 13.3. The molecule has 0 unspecified atom stereocenters. The highest BCUT2D eigenvalue weighted by Crippen LogP contribution is 2.37. The normalized spacial score (nSPS) is 16.0. The molecule has 0 atom stereocenters. The van der Waals surface area contributed by atoms with Crippen LogP contribution in [0.15, 0.2) is 48.7 Å². The van der Waals surface area contributed by atoms with Crippen LogP contribution in [0.4, 0.5) is 0 Å². The van der Waals surface area contributed by atoms with Crippen LogP contribution in [0.2, 0.25) is 5.02 Å². The number of hydrogen-bond acceptors (Lipinski definition) is 2. The molecular formula is C21H18ClNO2. The van der Waals surface area contributed by atoms with Gasteiger partial charge in [0.05, 0.1) is 5.69 Å². The van der Waals surface area contributed by atoms with Crippen LogP contribution in [0.25, 0.3) is 5.52 Å². The molecule has 126 valence electrons. The number of nitrogens with zero attached hydrogens (tertiary/aromatic N) is 1. The third-order valence-corrected chi connectivity index (χ3v) is 5.09.